The standard InChI is InChI=1S/C11H17N3/c1-14-8-5-9-3-2-7-13-11(9)10(14)4-6-12/h2-3,7,10H,4-6,8,12H2,1H3. The van der Waals surface area contributed by atoms with E-state index in [2.05, 4.69) is 23.0 Å². The van der Waals surface area contributed by atoms with Gasteiger partial charge < -0.3 is 5.73 Å². The van der Waals surface area contributed by atoms with Gasteiger partial charge in [-0.1, -0.05) is 6.07 Å². The summed E-state index contributed by atoms with van der Waals surface area (Å²) in [6.45, 7) is 1.84. The van der Waals surface area contributed by atoms with E-state index in [0.29, 0.717) is 6.04 Å². The van der Waals surface area contributed by atoms with Gasteiger partial charge in [-0.2, -0.15) is 0 Å². The van der Waals surface area contributed by atoms with Crippen LogP contribution in [-0.2, 0) is 6.42 Å². The van der Waals surface area contributed by atoms with E-state index in [9.17, 15) is 0 Å². The van der Waals surface area contributed by atoms with Crippen molar-refractivity contribution in [1.29, 1.82) is 0 Å². The Balaban J connectivity index is 2.31. The van der Waals surface area contributed by atoms with E-state index in [1.165, 1.54) is 11.3 Å². The fourth-order valence-corrected chi connectivity index (χ4v) is 2.14. The zero-order valence-electron chi connectivity index (χ0n) is 8.61. The molecule has 76 valence electrons. The summed E-state index contributed by atoms with van der Waals surface area (Å²) in [4.78, 5) is 6.82. The Labute approximate surface area is 84.9 Å². The number of hydrogen-bond donors (Lipinski definition) is 1. The van der Waals surface area contributed by atoms with Gasteiger partial charge in [0, 0.05) is 12.7 Å². The Morgan fingerprint density at radius 1 is 1.64 bits per heavy atom. The van der Waals surface area contributed by atoms with Gasteiger partial charge in [0.1, 0.15) is 0 Å². The molecule has 0 aliphatic carbocycles. The summed E-state index contributed by atoms with van der Waals surface area (Å²) in [7, 11) is 2.15. The summed E-state index contributed by atoms with van der Waals surface area (Å²) in [6, 6.07) is 4.62. The van der Waals surface area contributed by atoms with Gasteiger partial charge in [0.25, 0.3) is 0 Å². The van der Waals surface area contributed by atoms with Crippen molar-refractivity contribution < 1.29 is 0 Å². The lowest BCUT2D eigenvalue weighted by Gasteiger charge is -2.33. The third kappa shape index (κ3) is 1.65. The van der Waals surface area contributed by atoms with Gasteiger partial charge in [0.15, 0.2) is 0 Å². The van der Waals surface area contributed by atoms with E-state index < -0.39 is 0 Å². The largest absolute Gasteiger partial charge is 0.330 e. The maximum absolute atomic E-state index is 5.62. The molecule has 0 fully saturated rings. The van der Waals surface area contributed by atoms with Crippen LogP contribution in [0.15, 0.2) is 18.3 Å². The van der Waals surface area contributed by atoms with Crippen molar-refractivity contribution in [3.63, 3.8) is 0 Å². The first kappa shape index (κ1) is 9.62. The lowest BCUT2D eigenvalue weighted by atomic mass is 9.96. The number of nitrogens with two attached hydrogens (primary N) is 1. The topological polar surface area (TPSA) is 42.2 Å². The van der Waals surface area contributed by atoms with E-state index in [0.717, 1.165) is 25.9 Å². The molecule has 0 spiro atoms. The second-order valence-corrected chi connectivity index (χ2v) is 3.87. The van der Waals surface area contributed by atoms with Crippen LogP contribution in [0.1, 0.15) is 23.7 Å². The molecule has 1 aliphatic heterocycles. The molecule has 3 heteroatoms. The van der Waals surface area contributed by atoms with Crippen molar-refractivity contribution in [1.82, 2.24) is 9.88 Å². The Kier molecular flexibility index (Phi) is 2.79. The highest BCUT2D eigenvalue weighted by molar-refractivity contribution is 5.25. The fraction of sp³-hybridized carbons (Fsp3) is 0.545. The second kappa shape index (κ2) is 4.07. The molecule has 0 saturated heterocycles. The zero-order valence-corrected chi connectivity index (χ0v) is 8.61. The predicted molar refractivity (Wildman–Crippen MR) is 57.0 cm³/mol. The fourth-order valence-electron chi connectivity index (χ4n) is 2.14. The third-order valence-corrected chi connectivity index (χ3v) is 2.95. The molecule has 1 aliphatic rings. The monoisotopic (exact) mass is 191 g/mol. The average Bonchev–Trinajstić information content (AvgIpc) is 2.23. The molecular weight excluding hydrogens is 174 g/mol. The smallest absolute Gasteiger partial charge is 0.0608 e. The van der Waals surface area contributed by atoms with Gasteiger partial charge in [-0.25, -0.2) is 0 Å². The first-order chi connectivity index (χ1) is 6.83. The summed E-state index contributed by atoms with van der Waals surface area (Å²) in [6.07, 6.45) is 3.99. The number of likely N-dealkylation sites (N-methyl/N-ethyl adjacent to an activating group) is 1. The summed E-state index contributed by atoms with van der Waals surface area (Å²) >= 11 is 0. The van der Waals surface area contributed by atoms with E-state index in [-0.39, 0.29) is 0 Å². The number of pyridine rings is 1. The number of aromatic nitrogens is 1. The van der Waals surface area contributed by atoms with Crippen LogP contribution in [0, 0.1) is 0 Å². The minimum atomic E-state index is 0.421. The Morgan fingerprint density at radius 3 is 3.29 bits per heavy atom. The van der Waals surface area contributed by atoms with E-state index in [4.69, 9.17) is 5.73 Å². The molecule has 1 unspecified atom stereocenters. The first-order valence-electron chi connectivity index (χ1n) is 5.17. The highest BCUT2D eigenvalue weighted by Crippen LogP contribution is 2.28. The van der Waals surface area contributed by atoms with Crippen LogP contribution in [0.2, 0.25) is 0 Å². The first-order valence-corrected chi connectivity index (χ1v) is 5.17. The number of hydrogen-bond acceptors (Lipinski definition) is 3. The van der Waals surface area contributed by atoms with Crippen LogP contribution in [0.4, 0.5) is 0 Å². The summed E-state index contributed by atoms with van der Waals surface area (Å²) < 4.78 is 0. The molecule has 1 atom stereocenters. The van der Waals surface area contributed by atoms with Crippen LogP contribution < -0.4 is 5.73 Å². The molecule has 0 radical (unpaired) electrons. The molecular formula is C11H17N3. The SMILES string of the molecule is CN1CCc2cccnc2C1CCN. The van der Waals surface area contributed by atoms with Crippen LogP contribution >= 0.6 is 0 Å². The van der Waals surface area contributed by atoms with E-state index >= 15 is 0 Å². The summed E-state index contributed by atoms with van der Waals surface area (Å²) in [5.41, 5.74) is 8.25. The van der Waals surface area contributed by atoms with Crippen LogP contribution in [0.5, 0.6) is 0 Å². The molecule has 0 aromatic carbocycles. The van der Waals surface area contributed by atoms with E-state index in [1.54, 1.807) is 0 Å². The van der Waals surface area contributed by atoms with Crippen molar-refractivity contribution in [2.75, 3.05) is 20.1 Å². The molecule has 0 bridgehead atoms. The number of nitrogens with zero attached hydrogens (tertiary/aromatic N) is 2. The molecule has 1 aromatic heterocycles. The molecule has 1 aromatic rings. The van der Waals surface area contributed by atoms with Gasteiger partial charge >= 0.3 is 0 Å². The van der Waals surface area contributed by atoms with Crippen molar-refractivity contribution in [2.24, 2.45) is 5.73 Å². The van der Waals surface area contributed by atoms with Gasteiger partial charge in [-0.05, 0) is 38.1 Å². The highest BCUT2D eigenvalue weighted by Gasteiger charge is 2.24. The lowest BCUT2D eigenvalue weighted by Crippen LogP contribution is -2.34. The molecule has 14 heavy (non-hydrogen) atoms. The maximum Gasteiger partial charge on any atom is 0.0608 e. The van der Waals surface area contributed by atoms with Crippen LogP contribution in [-0.4, -0.2) is 30.0 Å². The Morgan fingerprint density at radius 2 is 2.50 bits per heavy atom. The maximum atomic E-state index is 5.62. The van der Waals surface area contributed by atoms with Crippen LogP contribution in [0.25, 0.3) is 0 Å². The Bertz CT molecular complexity index is 311. The molecule has 2 rings (SSSR count). The van der Waals surface area contributed by atoms with Crippen molar-refractivity contribution in [3.8, 4) is 0 Å². The summed E-state index contributed by atoms with van der Waals surface area (Å²) in [5.74, 6) is 0. The third-order valence-electron chi connectivity index (χ3n) is 2.95. The number of rotatable bonds is 2. The molecule has 0 saturated carbocycles. The minimum Gasteiger partial charge on any atom is -0.330 e. The van der Waals surface area contributed by atoms with Crippen molar-refractivity contribution in [3.05, 3.63) is 29.6 Å². The zero-order chi connectivity index (χ0) is 9.97. The average molecular weight is 191 g/mol. The molecule has 3 nitrogen and oxygen atoms in total. The van der Waals surface area contributed by atoms with Gasteiger partial charge in [-0.15, -0.1) is 0 Å². The minimum absolute atomic E-state index is 0.421. The Hall–Kier alpha value is -0.930. The molecule has 2 heterocycles. The molecule has 0 amide bonds. The van der Waals surface area contributed by atoms with Crippen molar-refractivity contribution >= 4 is 0 Å². The normalized spacial score (nSPS) is 22.0. The van der Waals surface area contributed by atoms with Crippen LogP contribution in [0.3, 0.4) is 0 Å². The van der Waals surface area contributed by atoms with Crippen molar-refractivity contribution in [2.45, 2.75) is 18.9 Å². The second-order valence-electron chi connectivity index (χ2n) is 3.87. The number of fused-ring (bicyclic) bond motifs is 1. The lowest BCUT2D eigenvalue weighted by molar-refractivity contribution is 0.216. The predicted octanol–water partition coefficient (Wildman–Crippen LogP) is 0.959. The van der Waals surface area contributed by atoms with E-state index in [1.807, 2.05) is 12.3 Å². The quantitative estimate of drug-likeness (QED) is 0.757. The highest BCUT2D eigenvalue weighted by atomic mass is 15.1. The van der Waals surface area contributed by atoms with Gasteiger partial charge in [0.05, 0.1) is 11.7 Å². The van der Waals surface area contributed by atoms with Gasteiger partial charge in [-0.3, -0.25) is 9.88 Å². The summed E-state index contributed by atoms with van der Waals surface area (Å²) in [5, 5.41) is 0. The van der Waals surface area contributed by atoms with Gasteiger partial charge in [0.2, 0.25) is 0 Å². The molecule has 2 N–H and O–H groups in total.